The Labute approximate surface area is 144 Å². The number of nitrogens with one attached hydrogen (secondary N) is 1. The molecule has 0 atom stereocenters. The summed E-state index contributed by atoms with van der Waals surface area (Å²) in [5.41, 5.74) is 3.84. The Balaban J connectivity index is 1.65. The zero-order valence-corrected chi connectivity index (χ0v) is 14.3. The fourth-order valence-electron chi connectivity index (χ4n) is 2.76. The molecule has 0 saturated carbocycles. The largest absolute Gasteiger partial charge is 0.315 e. The number of nitrogens with zero attached hydrogens (tertiary/aromatic N) is 2. The number of rotatable bonds is 4. The molecule has 0 unspecified atom stereocenters. The smallest absolute Gasteiger partial charge is 0.250 e. The predicted molar refractivity (Wildman–Crippen MR) is 95.5 cm³/mol. The summed E-state index contributed by atoms with van der Waals surface area (Å²) in [7, 11) is -3.50. The molecule has 1 N–H and O–H groups in total. The van der Waals surface area contributed by atoms with Crippen LogP contribution in [0.3, 0.4) is 0 Å². The molecule has 24 heavy (non-hydrogen) atoms. The van der Waals surface area contributed by atoms with Gasteiger partial charge in [-0.3, -0.25) is 4.99 Å². The molecule has 1 aliphatic heterocycles. The van der Waals surface area contributed by atoms with Crippen molar-refractivity contribution in [1.29, 1.82) is 0 Å². The van der Waals surface area contributed by atoms with Crippen LogP contribution in [-0.2, 0) is 16.6 Å². The first-order chi connectivity index (χ1) is 11.6. The maximum atomic E-state index is 12.3. The van der Waals surface area contributed by atoms with Crippen molar-refractivity contribution in [2.45, 2.75) is 10.8 Å². The Morgan fingerprint density at radius 3 is 2.83 bits per heavy atom. The van der Waals surface area contributed by atoms with Crippen LogP contribution < -0.4 is 4.72 Å². The molecule has 5 nitrogen and oxygen atoms in total. The van der Waals surface area contributed by atoms with E-state index < -0.39 is 10.0 Å². The van der Waals surface area contributed by atoms with E-state index in [1.165, 1.54) is 11.3 Å². The van der Waals surface area contributed by atoms with Crippen LogP contribution in [0.4, 0.5) is 0 Å². The Morgan fingerprint density at radius 1 is 1.12 bits per heavy atom. The van der Waals surface area contributed by atoms with Crippen LogP contribution in [0, 0.1) is 0 Å². The fraction of sp³-hybridized carbons (Fsp3) is 0.118. The number of thiophene rings is 1. The van der Waals surface area contributed by atoms with Gasteiger partial charge in [0.25, 0.3) is 0 Å². The fourth-order valence-corrected chi connectivity index (χ4v) is 4.79. The molecular formula is C17H15N3O2S2. The molecule has 3 heterocycles. The van der Waals surface area contributed by atoms with Crippen molar-refractivity contribution in [3.05, 3.63) is 71.4 Å². The summed E-state index contributed by atoms with van der Waals surface area (Å²) in [6.07, 6.45) is 1.97. The van der Waals surface area contributed by atoms with Crippen LogP contribution >= 0.6 is 11.3 Å². The quantitative estimate of drug-likeness (QED) is 0.780. The summed E-state index contributed by atoms with van der Waals surface area (Å²) in [6.45, 7) is 0.701. The van der Waals surface area contributed by atoms with Gasteiger partial charge in [0.05, 0.1) is 30.2 Å². The third-order valence-electron chi connectivity index (χ3n) is 3.93. The highest BCUT2D eigenvalue weighted by Crippen LogP contribution is 2.23. The van der Waals surface area contributed by atoms with E-state index in [0.717, 1.165) is 22.7 Å². The minimum atomic E-state index is -3.50. The number of aromatic nitrogens is 1. The van der Waals surface area contributed by atoms with Gasteiger partial charge in [-0.05, 0) is 35.2 Å². The first-order valence-electron chi connectivity index (χ1n) is 7.48. The van der Waals surface area contributed by atoms with E-state index >= 15 is 0 Å². The zero-order valence-electron chi connectivity index (χ0n) is 12.7. The lowest BCUT2D eigenvalue weighted by Gasteiger charge is -2.11. The molecule has 0 radical (unpaired) electrons. The maximum Gasteiger partial charge on any atom is 0.250 e. The average molecular weight is 357 g/mol. The van der Waals surface area contributed by atoms with Gasteiger partial charge in [-0.1, -0.05) is 24.3 Å². The van der Waals surface area contributed by atoms with E-state index in [0.29, 0.717) is 10.8 Å². The topological polar surface area (TPSA) is 63.5 Å². The molecule has 0 aliphatic carbocycles. The average Bonchev–Trinajstić information content (AvgIpc) is 3.25. The predicted octanol–water partition coefficient (Wildman–Crippen LogP) is 2.82. The van der Waals surface area contributed by atoms with Crippen molar-refractivity contribution < 1.29 is 8.42 Å². The number of benzene rings is 1. The van der Waals surface area contributed by atoms with E-state index in [-0.39, 0.29) is 6.54 Å². The van der Waals surface area contributed by atoms with Crippen molar-refractivity contribution in [1.82, 2.24) is 9.29 Å². The van der Waals surface area contributed by atoms with E-state index in [1.807, 2.05) is 42.6 Å². The van der Waals surface area contributed by atoms with Gasteiger partial charge in [-0.25, -0.2) is 13.1 Å². The second-order valence-corrected chi connectivity index (χ2v) is 8.35. The van der Waals surface area contributed by atoms with Crippen molar-refractivity contribution in [2.75, 3.05) is 6.54 Å². The number of fused-ring (bicyclic) bond motifs is 3. The molecule has 4 rings (SSSR count). The van der Waals surface area contributed by atoms with E-state index in [4.69, 9.17) is 0 Å². The van der Waals surface area contributed by atoms with Crippen molar-refractivity contribution in [3.63, 3.8) is 0 Å². The highest BCUT2D eigenvalue weighted by Gasteiger charge is 2.20. The molecule has 0 amide bonds. The molecule has 1 aliphatic rings. The SMILES string of the molecule is O=S(=O)(NCC1=NCc2ccccc2-n2cccc21)c1cccs1. The van der Waals surface area contributed by atoms with E-state index in [1.54, 1.807) is 17.5 Å². The molecule has 0 fully saturated rings. The van der Waals surface area contributed by atoms with Crippen molar-refractivity contribution >= 4 is 27.1 Å². The zero-order chi connectivity index (χ0) is 16.6. The van der Waals surface area contributed by atoms with E-state index in [2.05, 4.69) is 14.3 Å². The Hall–Kier alpha value is -2.22. The number of sulfonamides is 1. The van der Waals surface area contributed by atoms with Crippen molar-refractivity contribution in [2.24, 2.45) is 4.99 Å². The summed E-state index contributed by atoms with van der Waals surface area (Å²) in [5.74, 6) is 0. The van der Waals surface area contributed by atoms with E-state index in [9.17, 15) is 8.42 Å². The second-order valence-electron chi connectivity index (χ2n) is 5.41. The van der Waals surface area contributed by atoms with Crippen LogP contribution in [0.5, 0.6) is 0 Å². The lowest BCUT2D eigenvalue weighted by atomic mass is 10.2. The third-order valence-corrected chi connectivity index (χ3v) is 6.72. The third kappa shape index (κ3) is 2.71. The summed E-state index contributed by atoms with van der Waals surface area (Å²) in [5, 5.41) is 1.75. The minimum absolute atomic E-state index is 0.165. The van der Waals surface area contributed by atoms with Crippen LogP contribution in [0.2, 0.25) is 0 Å². The van der Waals surface area contributed by atoms with Crippen LogP contribution in [0.25, 0.3) is 5.69 Å². The first-order valence-corrected chi connectivity index (χ1v) is 9.84. The van der Waals surface area contributed by atoms with Gasteiger partial charge in [-0.15, -0.1) is 11.3 Å². The lowest BCUT2D eigenvalue weighted by molar-refractivity contribution is 0.588. The van der Waals surface area contributed by atoms with Crippen LogP contribution in [0.1, 0.15) is 11.3 Å². The van der Waals surface area contributed by atoms with Gasteiger partial charge in [0.15, 0.2) is 0 Å². The molecule has 7 heteroatoms. The minimum Gasteiger partial charge on any atom is -0.315 e. The molecule has 0 saturated heterocycles. The second kappa shape index (κ2) is 6.01. The van der Waals surface area contributed by atoms with Gasteiger partial charge in [-0.2, -0.15) is 0 Å². The maximum absolute atomic E-state index is 12.3. The number of para-hydroxylation sites is 1. The number of hydrogen-bond acceptors (Lipinski definition) is 4. The normalized spacial score (nSPS) is 13.8. The van der Waals surface area contributed by atoms with Gasteiger partial charge in [0.2, 0.25) is 10.0 Å². The van der Waals surface area contributed by atoms with Gasteiger partial charge >= 0.3 is 0 Å². The molecule has 122 valence electrons. The highest BCUT2D eigenvalue weighted by atomic mass is 32.2. The summed E-state index contributed by atoms with van der Waals surface area (Å²) in [6, 6.07) is 15.3. The Bertz CT molecular complexity index is 1000. The monoisotopic (exact) mass is 357 g/mol. The van der Waals surface area contributed by atoms with Gasteiger partial charge in [0, 0.05) is 6.20 Å². The molecule has 1 aromatic carbocycles. The van der Waals surface area contributed by atoms with Gasteiger partial charge < -0.3 is 4.57 Å². The standard InChI is InChI=1S/C17H15N3O2S2/c21-24(22,17-8-4-10-23-17)19-12-14-16-7-3-9-20(16)15-6-2-1-5-13(15)11-18-14/h1-10,19H,11-12H2. The summed E-state index contributed by atoms with van der Waals surface area (Å²) >= 11 is 1.20. The number of aliphatic imine (C=N–C) groups is 1. The number of hydrogen-bond donors (Lipinski definition) is 1. The molecule has 0 spiro atoms. The van der Waals surface area contributed by atoms with Crippen molar-refractivity contribution in [3.8, 4) is 5.69 Å². The summed E-state index contributed by atoms with van der Waals surface area (Å²) < 4.78 is 29.7. The molecular weight excluding hydrogens is 342 g/mol. The Morgan fingerprint density at radius 2 is 2.00 bits per heavy atom. The molecule has 2 aromatic heterocycles. The van der Waals surface area contributed by atoms with Crippen LogP contribution in [-0.4, -0.2) is 25.2 Å². The van der Waals surface area contributed by atoms with Gasteiger partial charge in [0.1, 0.15) is 4.21 Å². The molecule has 0 bridgehead atoms. The highest BCUT2D eigenvalue weighted by molar-refractivity contribution is 7.91. The first kappa shape index (κ1) is 15.3. The lowest BCUT2D eigenvalue weighted by Crippen LogP contribution is -2.30. The molecule has 3 aromatic rings. The van der Waals surface area contributed by atoms with Crippen LogP contribution in [0.15, 0.2) is 69.3 Å². The summed E-state index contributed by atoms with van der Waals surface area (Å²) in [4.78, 5) is 4.63. The Kier molecular flexibility index (Phi) is 3.84.